The number of hydrogen-bond donors (Lipinski definition) is 2. The summed E-state index contributed by atoms with van der Waals surface area (Å²) in [5, 5.41) is 0. The molecule has 0 bridgehead atoms. The molecule has 2 aliphatic rings. The number of nitrogens with zero attached hydrogens (tertiary/aromatic N) is 4. The average molecular weight is 423 g/mol. The molecule has 2 aromatic rings. The number of benzene rings is 1. The molecule has 8 nitrogen and oxygen atoms in total. The fourth-order valence-corrected chi connectivity index (χ4v) is 4.44. The summed E-state index contributed by atoms with van der Waals surface area (Å²) in [6.45, 7) is 6.07. The molecule has 1 aromatic heterocycles. The van der Waals surface area contributed by atoms with E-state index >= 15 is 0 Å². The fourth-order valence-electron chi connectivity index (χ4n) is 4.44. The van der Waals surface area contributed by atoms with Crippen molar-refractivity contribution in [1.82, 2.24) is 19.7 Å². The van der Waals surface area contributed by atoms with Crippen LogP contribution in [0.5, 0.6) is 0 Å². The highest BCUT2D eigenvalue weighted by Crippen LogP contribution is 2.24. The highest BCUT2D eigenvalue weighted by Gasteiger charge is 2.28. The second-order valence-corrected chi connectivity index (χ2v) is 8.46. The summed E-state index contributed by atoms with van der Waals surface area (Å²) < 4.78 is 0. The topological polar surface area (TPSA) is 109 Å². The number of primary amides is 1. The van der Waals surface area contributed by atoms with Gasteiger partial charge >= 0.3 is 0 Å². The van der Waals surface area contributed by atoms with E-state index in [4.69, 9.17) is 11.5 Å². The van der Waals surface area contributed by atoms with Gasteiger partial charge in [-0.15, -0.1) is 0 Å². The van der Waals surface area contributed by atoms with Crippen LogP contribution in [0.2, 0.25) is 0 Å². The number of anilines is 1. The molecule has 0 unspecified atom stereocenters. The van der Waals surface area contributed by atoms with Crippen LogP contribution in [-0.2, 0) is 0 Å². The number of rotatable bonds is 4. The van der Waals surface area contributed by atoms with Crippen LogP contribution in [0.15, 0.2) is 36.5 Å². The Bertz CT molecular complexity index is 945. The first-order chi connectivity index (χ1) is 14.9. The zero-order chi connectivity index (χ0) is 22.0. The predicted octanol–water partition coefficient (Wildman–Crippen LogP) is 1.28. The number of nitrogens with two attached hydrogens (primary N) is 2. The number of likely N-dealkylation sites (N-methyl/N-ethyl adjacent to an activating group) is 1. The number of piperazine rings is 1. The Morgan fingerprint density at radius 1 is 0.968 bits per heavy atom. The lowest BCUT2D eigenvalue weighted by Gasteiger charge is -2.42. The molecule has 0 radical (unpaired) electrons. The zero-order valence-electron chi connectivity index (χ0n) is 18.0. The first kappa shape index (κ1) is 21.3. The third-order valence-electron chi connectivity index (χ3n) is 6.46. The molecule has 3 heterocycles. The number of carbonyl (C=O) groups is 2. The number of hydrogen-bond acceptors (Lipinski definition) is 6. The van der Waals surface area contributed by atoms with Crippen LogP contribution in [0.3, 0.4) is 0 Å². The van der Waals surface area contributed by atoms with Crippen molar-refractivity contribution in [1.29, 1.82) is 0 Å². The molecule has 2 amide bonds. The largest absolute Gasteiger partial charge is 0.383 e. The molecule has 2 saturated heterocycles. The van der Waals surface area contributed by atoms with E-state index in [9.17, 15) is 9.59 Å². The maximum Gasteiger partial charge on any atom is 0.253 e. The van der Waals surface area contributed by atoms with Crippen LogP contribution in [-0.4, -0.2) is 83.9 Å². The molecular formula is C23H30N6O2. The maximum atomic E-state index is 13.0. The Balaban J connectivity index is 1.38. The smallest absolute Gasteiger partial charge is 0.253 e. The van der Waals surface area contributed by atoms with E-state index in [1.54, 1.807) is 12.3 Å². The van der Waals surface area contributed by atoms with E-state index in [0.717, 1.165) is 63.2 Å². The Labute approximate surface area is 182 Å². The highest BCUT2D eigenvalue weighted by molar-refractivity contribution is 5.98. The molecule has 31 heavy (non-hydrogen) atoms. The number of aromatic nitrogens is 1. The second kappa shape index (κ2) is 9.03. The Kier molecular flexibility index (Phi) is 6.20. The van der Waals surface area contributed by atoms with Gasteiger partial charge in [0.2, 0.25) is 0 Å². The Hall–Kier alpha value is -2.97. The number of pyridine rings is 1. The van der Waals surface area contributed by atoms with Gasteiger partial charge in [0.25, 0.3) is 11.8 Å². The molecule has 2 fully saturated rings. The van der Waals surface area contributed by atoms with Crippen molar-refractivity contribution in [3.63, 3.8) is 0 Å². The van der Waals surface area contributed by atoms with Crippen LogP contribution in [0.25, 0.3) is 11.1 Å². The lowest BCUT2D eigenvalue weighted by atomic mass is 10.00. The molecule has 164 valence electrons. The summed E-state index contributed by atoms with van der Waals surface area (Å²) >= 11 is 0. The van der Waals surface area contributed by atoms with Crippen molar-refractivity contribution in [2.24, 2.45) is 5.73 Å². The van der Waals surface area contributed by atoms with Gasteiger partial charge in [-0.05, 0) is 43.7 Å². The molecule has 0 spiro atoms. The number of piperidine rings is 1. The number of amides is 2. The summed E-state index contributed by atoms with van der Waals surface area (Å²) in [7, 11) is 2.17. The van der Waals surface area contributed by atoms with Crippen LogP contribution < -0.4 is 11.5 Å². The van der Waals surface area contributed by atoms with Gasteiger partial charge in [-0.25, -0.2) is 4.98 Å². The number of carbonyl (C=O) groups excluding carboxylic acids is 2. The van der Waals surface area contributed by atoms with Crippen LogP contribution >= 0.6 is 0 Å². The summed E-state index contributed by atoms with van der Waals surface area (Å²) in [5.74, 6) is -0.432. The lowest BCUT2D eigenvalue weighted by Crippen LogP contribution is -2.52. The average Bonchev–Trinajstić information content (AvgIpc) is 2.79. The quantitative estimate of drug-likeness (QED) is 0.768. The van der Waals surface area contributed by atoms with Crippen molar-refractivity contribution in [2.75, 3.05) is 52.0 Å². The van der Waals surface area contributed by atoms with E-state index in [1.165, 1.54) is 0 Å². The first-order valence-electron chi connectivity index (χ1n) is 10.8. The summed E-state index contributed by atoms with van der Waals surface area (Å²) in [6, 6.07) is 9.59. The number of nitrogen functional groups attached to an aromatic ring is 1. The normalized spacial score (nSPS) is 18.8. The van der Waals surface area contributed by atoms with Crippen molar-refractivity contribution in [3.8, 4) is 11.1 Å². The van der Waals surface area contributed by atoms with Crippen molar-refractivity contribution in [3.05, 3.63) is 47.7 Å². The van der Waals surface area contributed by atoms with Gasteiger partial charge in [-0.2, -0.15) is 0 Å². The zero-order valence-corrected chi connectivity index (χ0v) is 18.0. The molecule has 1 aromatic carbocycles. The van der Waals surface area contributed by atoms with Crippen LogP contribution in [0.4, 0.5) is 5.82 Å². The summed E-state index contributed by atoms with van der Waals surface area (Å²) in [4.78, 5) is 35.4. The third kappa shape index (κ3) is 4.70. The molecular weight excluding hydrogens is 392 g/mol. The Morgan fingerprint density at radius 3 is 2.23 bits per heavy atom. The van der Waals surface area contributed by atoms with E-state index in [1.807, 2.05) is 29.2 Å². The minimum atomic E-state index is -0.612. The first-order valence-corrected chi connectivity index (χ1v) is 10.8. The van der Waals surface area contributed by atoms with Gasteiger partial charge in [-0.1, -0.05) is 12.1 Å². The van der Waals surface area contributed by atoms with Gasteiger partial charge in [0.15, 0.2) is 0 Å². The lowest BCUT2D eigenvalue weighted by molar-refractivity contribution is 0.0518. The van der Waals surface area contributed by atoms with Gasteiger partial charge in [0, 0.05) is 62.6 Å². The van der Waals surface area contributed by atoms with Crippen molar-refractivity contribution in [2.45, 2.75) is 18.9 Å². The second-order valence-electron chi connectivity index (χ2n) is 8.46. The predicted molar refractivity (Wildman–Crippen MR) is 121 cm³/mol. The molecule has 0 atom stereocenters. The standard InChI is InChI=1S/C23H30N6O2/c1-27-10-12-28(13-11-27)19-6-8-29(9-7-19)23(31)17-4-2-16(3-5-17)18-14-20(22(25)30)21(24)26-15-18/h2-5,14-15,19H,6-13H2,1H3,(H2,24,26)(H2,25,30). The van der Waals surface area contributed by atoms with E-state index in [0.29, 0.717) is 11.6 Å². The highest BCUT2D eigenvalue weighted by atomic mass is 16.2. The molecule has 4 rings (SSSR count). The van der Waals surface area contributed by atoms with E-state index in [-0.39, 0.29) is 17.3 Å². The maximum absolute atomic E-state index is 13.0. The van der Waals surface area contributed by atoms with Gasteiger partial charge in [0.05, 0.1) is 5.56 Å². The molecule has 4 N–H and O–H groups in total. The van der Waals surface area contributed by atoms with Gasteiger partial charge in [-0.3, -0.25) is 14.5 Å². The Morgan fingerprint density at radius 2 is 1.61 bits per heavy atom. The monoisotopic (exact) mass is 422 g/mol. The molecule has 8 heteroatoms. The number of likely N-dealkylation sites (tertiary alicyclic amines) is 1. The SMILES string of the molecule is CN1CCN(C2CCN(C(=O)c3ccc(-c4cnc(N)c(C(N)=O)c4)cc3)CC2)CC1. The van der Waals surface area contributed by atoms with Crippen molar-refractivity contribution < 1.29 is 9.59 Å². The van der Waals surface area contributed by atoms with Crippen LogP contribution in [0, 0.1) is 0 Å². The minimum absolute atomic E-state index is 0.0663. The van der Waals surface area contributed by atoms with Crippen molar-refractivity contribution >= 4 is 17.6 Å². The molecule has 0 saturated carbocycles. The van der Waals surface area contributed by atoms with Gasteiger partial charge < -0.3 is 21.3 Å². The van der Waals surface area contributed by atoms with E-state index < -0.39 is 5.91 Å². The molecule has 0 aliphatic carbocycles. The van der Waals surface area contributed by atoms with E-state index in [2.05, 4.69) is 21.8 Å². The minimum Gasteiger partial charge on any atom is -0.383 e. The summed E-state index contributed by atoms with van der Waals surface area (Å²) in [6.07, 6.45) is 3.66. The summed E-state index contributed by atoms with van der Waals surface area (Å²) in [5.41, 5.74) is 13.5. The fraction of sp³-hybridized carbons (Fsp3) is 0.435. The van der Waals surface area contributed by atoms with Crippen LogP contribution in [0.1, 0.15) is 33.6 Å². The molecule has 2 aliphatic heterocycles. The van der Waals surface area contributed by atoms with Gasteiger partial charge in [0.1, 0.15) is 5.82 Å². The third-order valence-corrected chi connectivity index (χ3v) is 6.46.